The number of nitrogens with one attached hydrogen (secondary N) is 2. The number of alkyl halides is 2. The van der Waals surface area contributed by atoms with Crippen molar-refractivity contribution in [2.45, 2.75) is 11.0 Å². The molecule has 0 aromatic heterocycles. The first-order valence-corrected chi connectivity index (χ1v) is 3.25. The molecule has 60 valence electrons. The van der Waals surface area contributed by atoms with Crippen molar-refractivity contribution in [2.75, 3.05) is 0 Å². The van der Waals surface area contributed by atoms with Crippen LogP contribution in [0.25, 0.3) is 0 Å². The standard InChI is InChI=1S/C3H8Cl2N4O/c4-2(8-6)1(10)3(5)9-7/h2-3,8-9H,6-7H2. The molecule has 0 rings (SSSR count). The number of ketones is 1. The Morgan fingerprint density at radius 3 is 1.70 bits per heavy atom. The van der Waals surface area contributed by atoms with Gasteiger partial charge in [-0.1, -0.05) is 23.2 Å². The van der Waals surface area contributed by atoms with E-state index >= 15 is 0 Å². The minimum absolute atomic E-state index is 0.520. The van der Waals surface area contributed by atoms with Gasteiger partial charge in [0.05, 0.1) is 0 Å². The predicted molar refractivity (Wildman–Crippen MR) is 38.9 cm³/mol. The van der Waals surface area contributed by atoms with Crippen LogP contribution in [0.1, 0.15) is 0 Å². The number of Topliss-reactive ketones (excluding diaryl/α,β-unsaturated/α-hetero) is 1. The molecule has 0 amide bonds. The number of carbonyl (C=O) groups excluding carboxylic acids is 1. The second-order valence-corrected chi connectivity index (χ2v) is 2.33. The maximum absolute atomic E-state index is 10.8. The molecular weight excluding hydrogens is 179 g/mol. The van der Waals surface area contributed by atoms with Crippen molar-refractivity contribution >= 4 is 29.0 Å². The summed E-state index contributed by atoms with van der Waals surface area (Å²) in [7, 11) is 0. The summed E-state index contributed by atoms with van der Waals surface area (Å²) >= 11 is 10.6. The Hall–Kier alpha value is 0.0900. The molecule has 0 radical (unpaired) electrons. The average Bonchev–Trinajstić information content (AvgIpc) is 2.00. The molecule has 0 heterocycles. The Morgan fingerprint density at radius 1 is 1.20 bits per heavy atom. The van der Waals surface area contributed by atoms with Crippen molar-refractivity contribution in [1.29, 1.82) is 0 Å². The third-order valence-corrected chi connectivity index (χ3v) is 1.47. The summed E-state index contributed by atoms with van der Waals surface area (Å²) in [6.45, 7) is 0. The minimum Gasteiger partial charge on any atom is -0.293 e. The van der Waals surface area contributed by atoms with E-state index in [-0.39, 0.29) is 0 Å². The zero-order valence-corrected chi connectivity index (χ0v) is 6.49. The lowest BCUT2D eigenvalue weighted by atomic mass is 10.4. The van der Waals surface area contributed by atoms with Crippen LogP contribution < -0.4 is 22.5 Å². The van der Waals surface area contributed by atoms with Crippen LogP contribution in [0.2, 0.25) is 0 Å². The summed E-state index contributed by atoms with van der Waals surface area (Å²) in [6, 6.07) is 0. The fourth-order valence-electron chi connectivity index (χ4n) is 0.293. The number of hydrogen-bond acceptors (Lipinski definition) is 5. The predicted octanol–water partition coefficient (Wildman–Crippen LogP) is -1.39. The number of carbonyl (C=O) groups is 1. The summed E-state index contributed by atoms with van der Waals surface area (Å²) in [4.78, 5) is 10.8. The van der Waals surface area contributed by atoms with Crippen molar-refractivity contribution in [1.82, 2.24) is 10.9 Å². The van der Waals surface area contributed by atoms with Crippen molar-refractivity contribution in [2.24, 2.45) is 11.7 Å². The third-order valence-electron chi connectivity index (χ3n) is 0.792. The monoisotopic (exact) mass is 186 g/mol. The quantitative estimate of drug-likeness (QED) is 0.188. The molecule has 0 saturated carbocycles. The smallest absolute Gasteiger partial charge is 0.199 e. The van der Waals surface area contributed by atoms with Gasteiger partial charge in [-0.2, -0.15) is 0 Å². The van der Waals surface area contributed by atoms with Gasteiger partial charge in [-0.3, -0.25) is 16.5 Å². The summed E-state index contributed by atoms with van der Waals surface area (Å²) < 4.78 is 0. The molecule has 0 spiro atoms. The van der Waals surface area contributed by atoms with Crippen LogP contribution in [0.5, 0.6) is 0 Å². The van der Waals surface area contributed by atoms with Crippen molar-refractivity contribution in [3.8, 4) is 0 Å². The van der Waals surface area contributed by atoms with E-state index in [1.165, 1.54) is 0 Å². The molecule has 0 fully saturated rings. The molecule has 0 bridgehead atoms. The lowest BCUT2D eigenvalue weighted by Gasteiger charge is -2.09. The van der Waals surface area contributed by atoms with Crippen molar-refractivity contribution in [3.05, 3.63) is 0 Å². The van der Waals surface area contributed by atoms with E-state index in [4.69, 9.17) is 34.9 Å². The summed E-state index contributed by atoms with van der Waals surface area (Å²) in [5.74, 6) is 9.15. The third kappa shape index (κ3) is 2.78. The lowest BCUT2D eigenvalue weighted by molar-refractivity contribution is -0.119. The van der Waals surface area contributed by atoms with E-state index in [0.717, 1.165) is 0 Å². The number of hydrogen-bond donors (Lipinski definition) is 4. The van der Waals surface area contributed by atoms with Gasteiger partial charge < -0.3 is 0 Å². The van der Waals surface area contributed by atoms with E-state index < -0.39 is 16.8 Å². The van der Waals surface area contributed by atoms with Gasteiger partial charge >= 0.3 is 0 Å². The molecule has 0 saturated heterocycles. The molecule has 0 aromatic rings. The SMILES string of the molecule is NNC(Cl)C(=O)C(Cl)NN. The van der Waals surface area contributed by atoms with E-state index in [0.29, 0.717) is 0 Å². The first-order valence-electron chi connectivity index (χ1n) is 2.37. The summed E-state index contributed by atoms with van der Waals surface area (Å²) in [5, 5.41) is 0. The fraction of sp³-hybridized carbons (Fsp3) is 0.667. The molecule has 0 aliphatic carbocycles. The Morgan fingerprint density at radius 2 is 1.50 bits per heavy atom. The van der Waals surface area contributed by atoms with Crippen LogP contribution in [0.4, 0.5) is 0 Å². The molecule has 0 aliphatic rings. The van der Waals surface area contributed by atoms with Crippen LogP contribution in [-0.2, 0) is 4.79 Å². The maximum atomic E-state index is 10.8. The Labute approximate surface area is 68.0 Å². The lowest BCUT2D eigenvalue weighted by Crippen LogP contribution is -2.47. The van der Waals surface area contributed by atoms with Gasteiger partial charge in [-0.15, -0.1) is 0 Å². The molecule has 7 heteroatoms. The van der Waals surface area contributed by atoms with Gasteiger partial charge in [-0.05, 0) is 0 Å². The van der Waals surface area contributed by atoms with Crippen molar-refractivity contribution in [3.63, 3.8) is 0 Å². The highest BCUT2D eigenvalue weighted by Crippen LogP contribution is 1.99. The van der Waals surface area contributed by atoms with Gasteiger partial charge in [0, 0.05) is 0 Å². The Balaban J connectivity index is 3.82. The number of rotatable bonds is 4. The normalized spacial score (nSPS) is 16.4. The number of nitrogens with two attached hydrogens (primary N) is 2. The van der Waals surface area contributed by atoms with Gasteiger partial charge in [0.25, 0.3) is 0 Å². The molecule has 0 aromatic carbocycles. The fourth-order valence-corrected chi connectivity index (χ4v) is 0.609. The first-order chi connectivity index (χ1) is 4.63. The zero-order valence-electron chi connectivity index (χ0n) is 4.97. The average molecular weight is 187 g/mol. The Kier molecular flexibility index (Phi) is 4.88. The van der Waals surface area contributed by atoms with Gasteiger partial charge in [0.1, 0.15) is 0 Å². The topological polar surface area (TPSA) is 93.2 Å². The largest absolute Gasteiger partial charge is 0.293 e. The molecule has 0 aliphatic heterocycles. The minimum atomic E-state index is -1.02. The molecule has 2 atom stereocenters. The second kappa shape index (κ2) is 4.84. The molecule has 2 unspecified atom stereocenters. The Bertz CT molecular complexity index is 109. The zero-order chi connectivity index (χ0) is 8.15. The first kappa shape index (κ1) is 10.1. The van der Waals surface area contributed by atoms with E-state index in [1.807, 2.05) is 10.9 Å². The maximum Gasteiger partial charge on any atom is 0.199 e. The van der Waals surface area contributed by atoms with E-state index in [9.17, 15) is 4.79 Å². The van der Waals surface area contributed by atoms with Gasteiger partial charge in [-0.25, -0.2) is 10.9 Å². The molecular formula is C3H8Cl2N4O. The van der Waals surface area contributed by atoms with E-state index in [1.54, 1.807) is 0 Å². The highest BCUT2D eigenvalue weighted by molar-refractivity contribution is 6.39. The van der Waals surface area contributed by atoms with E-state index in [2.05, 4.69) is 0 Å². The van der Waals surface area contributed by atoms with Crippen molar-refractivity contribution < 1.29 is 4.79 Å². The van der Waals surface area contributed by atoms with Crippen LogP contribution in [0, 0.1) is 0 Å². The van der Waals surface area contributed by atoms with Gasteiger partial charge in [0.15, 0.2) is 16.8 Å². The summed E-state index contributed by atoms with van der Waals surface area (Å²) in [5.41, 5.74) is 2.00. The number of halogens is 2. The second-order valence-electron chi connectivity index (χ2n) is 1.46. The molecule has 6 N–H and O–H groups in total. The highest BCUT2D eigenvalue weighted by atomic mass is 35.5. The van der Waals surface area contributed by atoms with Crippen LogP contribution in [0.15, 0.2) is 0 Å². The number of hydrazine groups is 2. The van der Waals surface area contributed by atoms with Crippen LogP contribution in [-0.4, -0.2) is 16.8 Å². The molecule has 5 nitrogen and oxygen atoms in total. The van der Waals surface area contributed by atoms with Gasteiger partial charge in [0.2, 0.25) is 0 Å². The summed E-state index contributed by atoms with van der Waals surface area (Å²) in [6.07, 6.45) is 0. The van der Waals surface area contributed by atoms with Crippen LogP contribution >= 0.6 is 23.2 Å². The molecule has 10 heavy (non-hydrogen) atoms. The highest BCUT2D eigenvalue weighted by Gasteiger charge is 2.20. The van der Waals surface area contributed by atoms with Crippen LogP contribution in [0.3, 0.4) is 0 Å².